The molecule has 0 saturated heterocycles. The van der Waals surface area contributed by atoms with Gasteiger partial charge in [0.15, 0.2) is 0 Å². The van der Waals surface area contributed by atoms with E-state index in [0.29, 0.717) is 0 Å². The highest BCUT2D eigenvalue weighted by Gasteiger charge is 2.29. The predicted octanol–water partition coefficient (Wildman–Crippen LogP) is 4.78. The van der Waals surface area contributed by atoms with Crippen LogP contribution in [0.15, 0.2) is 11.8 Å². The van der Waals surface area contributed by atoms with Crippen LogP contribution in [0.4, 0.5) is 0 Å². The van der Waals surface area contributed by atoms with Crippen LogP contribution in [0.25, 0.3) is 0 Å². The summed E-state index contributed by atoms with van der Waals surface area (Å²) >= 11 is 0. The van der Waals surface area contributed by atoms with Crippen molar-refractivity contribution >= 4 is 0 Å². The lowest BCUT2D eigenvalue weighted by atomic mass is 9.87. The topological polar surface area (TPSA) is 32.3 Å². The van der Waals surface area contributed by atoms with E-state index < -0.39 is 0 Å². The molecule has 118 valence electrons. The maximum absolute atomic E-state index is 9.48. The van der Waals surface area contributed by atoms with Gasteiger partial charge < -0.3 is 10.4 Å². The Kier molecular flexibility index (Phi) is 9.00. The van der Waals surface area contributed by atoms with E-state index in [0.717, 1.165) is 19.4 Å². The predicted molar refractivity (Wildman–Crippen MR) is 87.7 cm³/mol. The maximum atomic E-state index is 9.48. The molecule has 1 heterocycles. The number of unbranched alkanes of at least 4 members (excludes halogenated alkanes) is 8. The molecule has 0 fully saturated rings. The first-order chi connectivity index (χ1) is 9.76. The molecule has 1 unspecified atom stereocenters. The van der Waals surface area contributed by atoms with E-state index in [4.69, 9.17) is 0 Å². The normalized spacial score (nSPS) is 21.9. The fourth-order valence-corrected chi connectivity index (χ4v) is 2.99. The van der Waals surface area contributed by atoms with Gasteiger partial charge in [0.1, 0.15) is 0 Å². The van der Waals surface area contributed by atoms with Gasteiger partial charge in [-0.05, 0) is 19.3 Å². The van der Waals surface area contributed by atoms with Crippen LogP contribution in [-0.4, -0.2) is 18.3 Å². The molecule has 1 rings (SSSR count). The molecule has 2 heteroatoms. The summed E-state index contributed by atoms with van der Waals surface area (Å²) in [7, 11) is 0. The Morgan fingerprint density at radius 2 is 1.60 bits per heavy atom. The van der Waals surface area contributed by atoms with Gasteiger partial charge in [0.05, 0.1) is 6.61 Å². The van der Waals surface area contributed by atoms with E-state index >= 15 is 0 Å². The van der Waals surface area contributed by atoms with Crippen LogP contribution in [0.1, 0.15) is 84.5 Å². The number of hydrogen-bond acceptors (Lipinski definition) is 2. The van der Waals surface area contributed by atoms with E-state index in [-0.39, 0.29) is 12.0 Å². The van der Waals surface area contributed by atoms with Gasteiger partial charge in [-0.1, -0.05) is 71.3 Å². The Morgan fingerprint density at radius 1 is 1.00 bits per heavy atom. The molecule has 1 aliphatic heterocycles. The minimum Gasteiger partial charge on any atom is -0.395 e. The molecule has 2 N–H and O–H groups in total. The third kappa shape index (κ3) is 6.30. The van der Waals surface area contributed by atoms with E-state index in [1.165, 1.54) is 63.5 Å². The minimum atomic E-state index is 0.0224. The molecule has 0 amide bonds. The lowest BCUT2D eigenvalue weighted by Gasteiger charge is -2.20. The van der Waals surface area contributed by atoms with Crippen LogP contribution in [0.2, 0.25) is 0 Å². The van der Waals surface area contributed by atoms with E-state index in [2.05, 4.69) is 25.2 Å². The molecule has 0 aromatic rings. The van der Waals surface area contributed by atoms with Crippen molar-refractivity contribution < 1.29 is 5.11 Å². The van der Waals surface area contributed by atoms with E-state index in [1.54, 1.807) is 0 Å². The van der Waals surface area contributed by atoms with Crippen molar-refractivity contribution in [3.63, 3.8) is 0 Å². The monoisotopic (exact) mass is 281 g/mol. The van der Waals surface area contributed by atoms with Crippen LogP contribution in [0.5, 0.6) is 0 Å². The zero-order valence-electron chi connectivity index (χ0n) is 13.7. The van der Waals surface area contributed by atoms with Gasteiger partial charge in [-0.15, -0.1) is 0 Å². The molecule has 1 aliphatic rings. The number of aliphatic hydroxyl groups excluding tert-OH is 1. The first-order valence-corrected chi connectivity index (χ1v) is 8.83. The van der Waals surface area contributed by atoms with E-state index in [1.807, 2.05) is 0 Å². The van der Waals surface area contributed by atoms with Crippen LogP contribution in [0.3, 0.4) is 0 Å². The Hall–Kier alpha value is -0.500. The lowest BCUT2D eigenvalue weighted by Crippen LogP contribution is -2.27. The van der Waals surface area contributed by atoms with Gasteiger partial charge in [-0.2, -0.15) is 0 Å². The number of aliphatic hydroxyl groups is 1. The molecular weight excluding hydrogens is 246 g/mol. The lowest BCUT2D eigenvalue weighted by molar-refractivity contribution is 0.173. The summed E-state index contributed by atoms with van der Waals surface area (Å²) in [6.45, 7) is 5.64. The Balaban J connectivity index is 1.99. The molecular formula is C18H35NO. The summed E-state index contributed by atoms with van der Waals surface area (Å²) in [6, 6.07) is 0. The van der Waals surface area contributed by atoms with Crippen LogP contribution in [0, 0.1) is 5.41 Å². The molecule has 0 aliphatic carbocycles. The van der Waals surface area contributed by atoms with Crippen molar-refractivity contribution in [2.24, 2.45) is 5.41 Å². The number of hydrogen-bond donors (Lipinski definition) is 2. The molecule has 0 bridgehead atoms. The van der Waals surface area contributed by atoms with Crippen molar-refractivity contribution in [3.8, 4) is 0 Å². The molecule has 20 heavy (non-hydrogen) atoms. The second-order valence-electron chi connectivity index (χ2n) is 6.48. The molecule has 1 atom stereocenters. The molecule has 0 aromatic carbocycles. The zero-order chi connectivity index (χ0) is 14.7. The van der Waals surface area contributed by atoms with Gasteiger partial charge in [0, 0.05) is 17.7 Å². The van der Waals surface area contributed by atoms with Gasteiger partial charge in [-0.25, -0.2) is 0 Å². The Labute approximate surface area is 126 Å². The quantitative estimate of drug-likeness (QED) is 0.504. The van der Waals surface area contributed by atoms with Crippen LogP contribution in [-0.2, 0) is 0 Å². The molecule has 0 radical (unpaired) electrons. The number of rotatable bonds is 12. The van der Waals surface area contributed by atoms with Crippen molar-refractivity contribution in [1.29, 1.82) is 0 Å². The second-order valence-corrected chi connectivity index (χ2v) is 6.48. The summed E-state index contributed by atoms with van der Waals surface area (Å²) < 4.78 is 0. The zero-order valence-corrected chi connectivity index (χ0v) is 13.7. The van der Waals surface area contributed by atoms with E-state index in [9.17, 15) is 5.11 Å². The molecule has 0 spiro atoms. The third-order valence-corrected chi connectivity index (χ3v) is 4.72. The average Bonchev–Trinajstić information content (AvgIpc) is 2.90. The minimum absolute atomic E-state index is 0.0224. The molecule has 2 nitrogen and oxygen atoms in total. The highest BCUT2D eigenvalue weighted by atomic mass is 16.3. The summed E-state index contributed by atoms with van der Waals surface area (Å²) in [5, 5.41) is 13.0. The SMILES string of the molecule is CCCCCCCCCCCC1=CC(CC)(CO)CN1. The standard InChI is InChI=1S/C18H35NO/c1-3-5-6-7-8-9-10-11-12-13-17-14-18(4-2,16-20)15-19-17/h14,19-20H,3-13,15-16H2,1-2H3. The smallest absolute Gasteiger partial charge is 0.0539 e. The van der Waals surface area contributed by atoms with Crippen molar-refractivity contribution in [3.05, 3.63) is 11.8 Å². The summed E-state index contributed by atoms with van der Waals surface area (Å²) in [5.41, 5.74) is 1.39. The highest BCUT2D eigenvalue weighted by molar-refractivity contribution is 5.16. The second kappa shape index (κ2) is 10.3. The van der Waals surface area contributed by atoms with Gasteiger partial charge in [-0.3, -0.25) is 0 Å². The number of allylic oxidation sites excluding steroid dienone is 1. The fraction of sp³-hybridized carbons (Fsp3) is 0.889. The Morgan fingerprint density at radius 3 is 2.10 bits per heavy atom. The van der Waals surface area contributed by atoms with Crippen LogP contribution >= 0.6 is 0 Å². The van der Waals surface area contributed by atoms with Gasteiger partial charge in [0.25, 0.3) is 0 Å². The maximum Gasteiger partial charge on any atom is 0.0539 e. The summed E-state index contributed by atoms with van der Waals surface area (Å²) in [5.74, 6) is 0. The average molecular weight is 281 g/mol. The van der Waals surface area contributed by atoms with Crippen LogP contribution < -0.4 is 5.32 Å². The molecule has 0 aromatic heterocycles. The number of nitrogens with one attached hydrogen (secondary N) is 1. The Bertz CT molecular complexity index is 269. The molecule has 0 saturated carbocycles. The largest absolute Gasteiger partial charge is 0.395 e. The summed E-state index contributed by atoms with van der Waals surface area (Å²) in [6.07, 6.45) is 16.9. The van der Waals surface area contributed by atoms with Gasteiger partial charge >= 0.3 is 0 Å². The third-order valence-electron chi connectivity index (χ3n) is 4.72. The first-order valence-electron chi connectivity index (χ1n) is 8.83. The highest BCUT2D eigenvalue weighted by Crippen LogP contribution is 2.30. The van der Waals surface area contributed by atoms with Gasteiger partial charge in [0.2, 0.25) is 0 Å². The summed E-state index contributed by atoms with van der Waals surface area (Å²) in [4.78, 5) is 0. The fourth-order valence-electron chi connectivity index (χ4n) is 2.99. The van der Waals surface area contributed by atoms with Crippen molar-refractivity contribution in [1.82, 2.24) is 5.32 Å². The van der Waals surface area contributed by atoms with Crippen molar-refractivity contribution in [2.45, 2.75) is 84.5 Å². The first kappa shape index (κ1) is 17.6. The van der Waals surface area contributed by atoms with Crippen molar-refractivity contribution in [2.75, 3.05) is 13.2 Å².